The van der Waals surface area contributed by atoms with Crippen LogP contribution in [0.15, 0.2) is 37.1 Å². The van der Waals surface area contributed by atoms with E-state index in [1.807, 2.05) is 19.2 Å². The van der Waals surface area contributed by atoms with Gasteiger partial charge < -0.3 is 0 Å². The summed E-state index contributed by atoms with van der Waals surface area (Å²) in [5.74, 6) is 0. The molecule has 0 unspecified atom stereocenters. The third-order valence-electron chi connectivity index (χ3n) is 3.54. The van der Waals surface area contributed by atoms with Crippen molar-refractivity contribution in [3.8, 4) is 10.4 Å². The normalized spacial score (nSPS) is 11.5. The summed E-state index contributed by atoms with van der Waals surface area (Å²) in [6.45, 7) is 8.34. The van der Waals surface area contributed by atoms with Crippen molar-refractivity contribution in [2.75, 3.05) is 5.32 Å². The van der Waals surface area contributed by atoms with Gasteiger partial charge in [-0.15, -0.1) is 0 Å². The summed E-state index contributed by atoms with van der Waals surface area (Å²) in [7, 11) is 0. The Morgan fingerprint density at radius 3 is 2.75 bits per heavy atom. The first-order valence-corrected chi connectivity index (χ1v) is 8.40. The van der Waals surface area contributed by atoms with Crippen LogP contribution < -0.4 is 5.32 Å². The summed E-state index contributed by atoms with van der Waals surface area (Å²) in [6, 6.07) is 3.78. The maximum atomic E-state index is 12.1. The fourth-order valence-electron chi connectivity index (χ4n) is 2.23. The van der Waals surface area contributed by atoms with Crippen molar-refractivity contribution in [2.24, 2.45) is 0 Å². The van der Waals surface area contributed by atoms with Gasteiger partial charge in [0.15, 0.2) is 5.13 Å². The first kappa shape index (κ1) is 16.3. The number of carbonyl (C=O) groups excluding carboxylic acids is 1. The van der Waals surface area contributed by atoms with Crippen molar-refractivity contribution < 1.29 is 4.79 Å². The molecule has 6 nitrogen and oxygen atoms in total. The van der Waals surface area contributed by atoms with E-state index in [0.717, 1.165) is 21.8 Å². The Labute approximate surface area is 144 Å². The molecule has 3 aromatic heterocycles. The lowest BCUT2D eigenvalue weighted by atomic mass is 9.90. The number of nitrogens with one attached hydrogen (secondary N) is 1. The van der Waals surface area contributed by atoms with Crippen LogP contribution in [0, 0.1) is 6.92 Å². The summed E-state index contributed by atoms with van der Waals surface area (Å²) in [5.41, 5.74) is 2.95. The maximum Gasteiger partial charge on any atom is 0.333 e. The van der Waals surface area contributed by atoms with Crippen LogP contribution in [0.5, 0.6) is 0 Å². The smallest absolute Gasteiger partial charge is 0.283 e. The van der Waals surface area contributed by atoms with Gasteiger partial charge in [0.2, 0.25) is 0 Å². The van der Waals surface area contributed by atoms with Crippen molar-refractivity contribution in [3.63, 3.8) is 0 Å². The molecule has 124 valence electrons. The zero-order valence-corrected chi connectivity index (χ0v) is 14.9. The number of anilines is 1. The van der Waals surface area contributed by atoms with Crippen LogP contribution in [0.3, 0.4) is 0 Å². The maximum absolute atomic E-state index is 12.1. The molecule has 0 aromatic carbocycles. The largest absolute Gasteiger partial charge is 0.333 e. The Hall–Kier alpha value is -2.54. The van der Waals surface area contributed by atoms with E-state index in [0.29, 0.717) is 5.13 Å². The van der Waals surface area contributed by atoms with E-state index in [2.05, 4.69) is 47.1 Å². The van der Waals surface area contributed by atoms with Crippen molar-refractivity contribution in [1.29, 1.82) is 0 Å². The summed E-state index contributed by atoms with van der Waals surface area (Å²) in [6.07, 6.45) is 6.42. The van der Waals surface area contributed by atoms with E-state index in [1.54, 1.807) is 12.4 Å². The average Bonchev–Trinajstić information content (AvgIpc) is 3.16. The molecule has 24 heavy (non-hydrogen) atoms. The minimum Gasteiger partial charge on any atom is -0.283 e. The van der Waals surface area contributed by atoms with Crippen molar-refractivity contribution >= 4 is 22.5 Å². The van der Waals surface area contributed by atoms with Gasteiger partial charge in [0.05, 0.1) is 10.6 Å². The van der Waals surface area contributed by atoms with Crippen molar-refractivity contribution in [2.45, 2.75) is 33.1 Å². The highest BCUT2D eigenvalue weighted by Gasteiger charge is 2.18. The number of amides is 1. The number of nitrogens with zero attached hydrogens (tertiary/aromatic N) is 4. The monoisotopic (exact) mass is 341 g/mol. The van der Waals surface area contributed by atoms with Gasteiger partial charge in [-0.2, -0.15) is 0 Å². The minimum atomic E-state index is -0.280. The minimum absolute atomic E-state index is 0.0208. The molecule has 7 heteroatoms. The average molecular weight is 341 g/mol. The molecule has 0 spiro atoms. The molecule has 0 aliphatic heterocycles. The van der Waals surface area contributed by atoms with E-state index in [9.17, 15) is 4.79 Å². The highest BCUT2D eigenvalue weighted by molar-refractivity contribution is 7.19. The third-order valence-corrected chi connectivity index (χ3v) is 4.66. The summed E-state index contributed by atoms with van der Waals surface area (Å²) in [4.78, 5) is 25.9. The molecule has 0 atom stereocenters. The Kier molecular flexibility index (Phi) is 4.19. The standard InChI is InChI=1S/C17H19N5OS/c1-11-14(12-5-6-19-13(9-12)17(2,3)4)24-15(20-11)21-16(23)22-8-7-18-10-22/h5-10H,1-4H3,(H,20,21,23). The van der Waals surface area contributed by atoms with Gasteiger partial charge >= 0.3 is 6.03 Å². The molecule has 0 bridgehead atoms. The second kappa shape index (κ2) is 6.16. The zero-order chi connectivity index (χ0) is 17.3. The highest BCUT2D eigenvalue weighted by Crippen LogP contribution is 2.34. The van der Waals surface area contributed by atoms with Gasteiger partial charge in [0, 0.05) is 29.7 Å². The highest BCUT2D eigenvalue weighted by atomic mass is 32.1. The SMILES string of the molecule is Cc1nc(NC(=O)n2ccnc2)sc1-c1ccnc(C(C)(C)C)c1. The van der Waals surface area contributed by atoms with E-state index < -0.39 is 0 Å². The lowest BCUT2D eigenvalue weighted by Crippen LogP contribution is -2.17. The van der Waals surface area contributed by atoms with Crippen LogP contribution in [0.2, 0.25) is 0 Å². The number of thiazole rings is 1. The quantitative estimate of drug-likeness (QED) is 0.762. The van der Waals surface area contributed by atoms with Crippen LogP contribution in [-0.2, 0) is 5.41 Å². The molecule has 0 aliphatic rings. The first-order valence-electron chi connectivity index (χ1n) is 7.58. The second-order valence-electron chi connectivity index (χ2n) is 6.51. The number of rotatable bonds is 2. The van der Waals surface area contributed by atoms with Crippen LogP contribution in [0.4, 0.5) is 9.93 Å². The predicted octanol–water partition coefficient (Wildman–Crippen LogP) is 4.09. The zero-order valence-electron chi connectivity index (χ0n) is 14.1. The summed E-state index contributed by atoms with van der Waals surface area (Å²) in [5, 5.41) is 3.36. The third kappa shape index (κ3) is 3.35. The fraction of sp³-hybridized carbons (Fsp3) is 0.294. The molecule has 3 rings (SSSR count). The van der Waals surface area contributed by atoms with Crippen LogP contribution in [0.1, 0.15) is 32.2 Å². The molecular weight excluding hydrogens is 322 g/mol. The second-order valence-corrected chi connectivity index (χ2v) is 7.51. The molecular formula is C17H19N5OS. The summed E-state index contributed by atoms with van der Waals surface area (Å²) >= 11 is 1.45. The Bertz CT molecular complexity index is 861. The fourth-order valence-corrected chi connectivity index (χ4v) is 3.19. The Morgan fingerprint density at radius 1 is 1.29 bits per heavy atom. The molecule has 1 N–H and O–H groups in total. The molecule has 0 radical (unpaired) electrons. The van der Waals surface area contributed by atoms with Crippen LogP contribution >= 0.6 is 11.3 Å². The lowest BCUT2D eigenvalue weighted by Gasteiger charge is -2.18. The number of imidazole rings is 1. The predicted molar refractivity (Wildman–Crippen MR) is 95.4 cm³/mol. The van der Waals surface area contributed by atoms with Gasteiger partial charge in [-0.05, 0) is 24.6 Å². The number of aryl methyl sites for hydroxylation is 1. The number of pyridine rings is 1. The number of carbonyl (C=O) groups is 1. The number of aromatic nitrogens is 4. The first-order chi connectivity index (χ1) is 11.3. The lowest BCUT2D eigenvalue weighted by molar-refractivity contribution is 0.253. The topological polar surface area (TPSA) is 72.7 Å². The van der Waals surface area contributed by atoms with E-state index in [4.69, 9.17) is 0 Å². The van der Waals surface area contributed by atoms with E-state index in [1.165, 1.54) is 22.2 Å². The number of hydrogen-bond donors (Lipinski definition) is 1. The van der Waals surface area contributed by atoms with Gasteiger partial charge in [-0.1, -0.05) is 32.1 Å². The van der Waals surface area contributed by atoms with Crippen molar-refractivity contribution in [1.82, 2.24) is 19.5 Å². The molecule has 0 fully saturated rings. The Balaban J connectivity index is 1.88. The van der Waals surface area contributed by atoms with Gasteiger partial charge in [0.25, 0.3) is 0 Å². The molecule has 0 saturated carbocycles. The van der Waals surface area contributed by atoms with Gasteiger partial charge in [0.1, 0.15) is 6.33 Å². The van der Waals surface area contributed by atoms with Gasteiger partial charge in [-0.25, -0.2) is 14.8 Å². The van der Waals surface area contributed by atoms with Gasteiger partial charge in [-0.3, -0.25) is 14.9 Å². The molecule has 0 aliphatic carbocycles. The van der Waals surface area contributed by atoms with Crippen molar-refractivity contribution in [3.05, 3.63) is 48.4 Å². The van der Waals surface area contributed by atoms with E-state index in [-0.39, 0.29) is 11.4 Å². The van der Waals surface area contributed by atoms with Crippen LogP contribution in [0.25, 0.3) is 10.4 Å². The Morgan fingerprint density at radius 2 is 2.08 bits per heavy atom. The van der Waals surface area contributed by atoms with Crippen LogP contribution in [-0.4, -0.2) is 25.6 Å². The molecule has 3 aromatic rings. The summed E-state index contributed by atoms with van der Waals surface area (Å²) < 4.78 is 1.38. The van der Waals surface area contributed by atoms with E-state index >= 15 is 0 Å². The molecule has 1 amide bonds. The molecule has 0 saturated heterocycles. The number of hydrogen-bond acceptors (Lipinski definition) is 5. The molecule has 3 heterocycles.